The maximum atomic E-state index is 12.4. The molecule has 3 aromatic rings. The zero-order valence-corrected chi connectivity index (χ0v) is 17.0. The van der Waals surface area contributed by atoms with Gasteiger partial charge in [0, 0.05) is 11.9 Å². The maximum Gasteiger partial charge on any atom is 0.338 e. The average Bonchev–Trinajstić information content (AvgIpc) is 3.15. The van der Waals surface area contributed by atoms with Crippen LogP contribution >= 0.6 is 23.1 Å². The van der Waals surface area contributed by atoms with E-state index in [1.165, 1.54) is 0 Å². The zero-order valence-electron chi connectivity index (χ0n) is 15.3. The molecule has 1 heterocycles. The second-order valence-corrected chi connectivity index (χ2v) is 7.95. The first-order valence-corrected chi connectivity index (χ1v) is 10.5. The summed E-state index contributed by atoms with van der Waals surface area (Å²) in [5, 5.41) is 0.853. The molecular formula is C20H20N2O3S2. The number of carbonyl (C=O) groups is 2. The number of hydrogen-bond donors (Lipinski definition) is 0. The Morgan fingerprint density at radius 2 is 1.89 bits per heavy atom. The second kappa shape index (κ2) is 8.54. The summed E-state index contributed by atoms with van der Waals surface area (Å²) in [4.78, 5) is 31.8. The molecule has 0 aliphatic rings. The van der Waals surface area contributed by atoms with Crippen molar-refractivity contribution in [3.63, 3.8) is 0 Å². The number of rotatable bonds is 6. The number of para-hydroxylation sites is 1. The van der Waals surface area contributed by atoms with E-state index in [1.807, 2.05) is 49.6 Å². The first kappa shape index (κ1) is 19.4. The summed E-state index contributed by atoms with van der Waals surface area (Å²) in [5.74, 6) is -0.770. The minimum Gasteiger partial charge on any atom is -0.452 e. The fraction of sp³-hybridized carbons (Fsp3) is 0.250. The molecular weight excluding hydrogens is 380 g/mol. The third-order valence-electron chi connectivity index (χ3n) is 4.29. The Morgan fingerprint density at radius 1 is 1.19 bits per heavy atom. The highest BCUT2D eigenvalue weighted by Crippen LogP contribution is 2.28. The number of ether oxygens (including phenoxy) is 1. The van der Waals surface area contributed by atoms with E-state index in [2.05, 4.69) is 4.98 Å². The van der Waals surface area contributed by atoms with E-state index in [4.69, 9.17) is 4.74 Å². The summed E-state index contributed by atoms with van der Waals surface area (Å²) < 4.78 is 6.26. The fourth-order valence-corrected chi connectivity index (χ4v) is 3.96. The van der Waals surface area contributed by atoms with Crippen molar-refractivity contribution < 1.29 is 14.3 Å². The van der Waals surface area contributed by atoms with Crippen molar-refractivity contribution >= 4 is 45.2 Å². The minimum absolute atomic E-state index is 0.200. The first-order chi connectivity index (χ1) is 13.0. The van der Waals surface area contributed by atoms with Gasteiger partial charge in [-0.1, -0.05) is 12.1 Å². The van der Waals surface area contributed by atoms with Gasteiger partial charge in [-0.2, -0.15) is 0 Å². The van der Waals surface area contributed by atoms with Crippen LogP contribution in [-0.2, 0) is 9.53 Å². The molecule has 0 spiro atoms. The van der Waals surface area contributed by atoms with Crippen molar-refractivity contribution in [3.05, 3.63) is 59.1 Å². The molecule has 0 N–H and O–H groups in total. The number of hydrogen-bond acceptors (Lipinski definition) is 6. The first-order valence-electron chi connectivity index (χ1n) is 8.42. The Hall–Kier alpha value is -2.38. The largest absolute Gasteiger partial charge is 0.452 e. The van der Waals surface area contributed by atoms with Gasteiger partial charge in [-0.25, -0.2) is 9.78 Å². The molecule has 140 valence electrons. The maximum absolute atomic E-state index is 12.4. The summed E-state index contributed by atoms with van der Waals surface area (Å²) in [6, 6.07) is 14.8. The molecule has 1 aromatic heterocycles. The third kappa shape index (κ3) is 4.48. The van der Waals surface area contributed by atoms with E-state index in [9.17, 15) is 9.59 Å². The summed E-state index contributed by atoms with van der Waals surface area (Å²) in [6.45, 7) is 1.62. The normalized spacial score (nSPS) is 12.0. The van der Waals surface area contributed by atoms with Crippen molar-refractivity contribution in [1.29, 1.82) is 0 Å². The lowest BCUT2D eigenvalue weighted by molar-refractivity contribution is -0.135. The molecule has 0 fully saturated rings. The van der Waals surface area contributed by atoms with Crippen LogP contribution in [0.4, 0.5) is 0 Å². The quantitative estimate of drug-likeness (QED) is 0.453. The van der Waals surface area contributed by atoms with Gasteiger partial charge in [0.1, 0.15) is 5.01 Å². The number of thiazole rings is 1. The molecule has 2 aromatic carbocycles. The van der Waals surface area contributed by atoms with Crippen molar-refractivity contribution in [2.45, 2.75) is 17.9 Å². The van der Waals surface area contributed by atoms with E-state index in [-0.39, 0.29) is 18.6 Å². The SMILES string of the molecule is CSc1ccc(C(=O)OCC(=O)N(C)[C@H](C)c2nc3ccccc3s2)cc1. The van der Waals surface area contributed by atoms with Crippen molar-refractivity contribution in [2.24, 2.45) is 0 Å². The monoisotopic (exact) mass is 400 g/mol. The number of benzene rings is 2. The summed E-state index contributed by atoms with van der Waals surface area (Å²) in [6.07, 6.45) is 1.97. The lowest BCUT2D eigenvalue weighted by atomic mass is 10.2. The van der Waals surface area contributed by atoms with Crippen molar-refractivity contribution in [3.8, 4) is 0 Å². The van der Waals surface area contributed by atoms with Crippen LogP contribution in [0.1, 0.15) is 28.3 Å². The number of aromatic nitrogens is 1. The molecule has 0 unspecified atom stereocenters. The Balaban J connectivity index is 1.60. The van der Waals surface area contributed by atoms with Gasteiger partial charge in [-0.3, -0.25) is 4.79 Å². The Bertz CT molecular complexity index is 920. The number of likely N-dealkylation sites (N-methyl/N-ethyl adjacent to an activating group) is 1. The fourth-order valence-electron chi connectivity index (χ4n) is 2.49. The topological polar surface area (TPSA) is 59.5 Å². The van der Waals surface area contributed by atoms with Crippen molar-refractivity contribution in [2.75, 3.05) is 19.9 Å². The molecule has 0 bridgehead atoms. The second-order valence-electron chi connectivity index (χ2n) is 6.01. The number of esters is 1. The van der Waals surface area contributed by atoms with Gasteiger partial charge in [0.2, 0.25) is 0 Å². The number of thioether (sulfide) groups is 1. The molecule has 5 nitrogen and oxygen atoms in total. The molecule has 27 heavy (non-hydrogen) atoms. The standard InChI is InChI=1S/C20H20N2O3S2/c1-13(19-21-16-6-4-5-7-17(16)27-19)22(2)18(23)12-25-20(24)14-8-10-15(26-3)11-9-14/h4-11,13H,12H2,1-3H3/t13-/m1/s1. The third-order valence-corrected chi connectivity index (χ3v) is 6.24. The van der Waals surface area contributed by atoms with Crippen LogP contribution in [0.15, 0.2) is 53.4 Å². The molecule has 0 aliphatic carbocycles. The van der Waals surface area contributed by atoms with Crippen LogP contribution in [0.25, 0.3) is 10.2 Å². The summed E-state index contributed by atoms with van der Waals surface area (Å²) >= 11 is 3.16. The van der Waals surface area contributed by atoms with E-state index >= 15 is 0 Å². The lowest BCUT2D eigenvalue weighted by Gasteiger charge is -2.23. The smallest absolute Gasteiger partial charge is 0.338 e. The molecule has 0 saturated carbocycles. The van der Waals surface area contributed by atoms with Crippen LogP contribution in [0.5, 0.6) is 0 Å². The van der Waals surface area contributed by atoms with Crippen LogP contribution in [0.3, 0.4) is 0 Å². The Labute approximate surface area is 166 Å². The van der Waals surface area contributed by atoms with Gasteiger partial charge in [-0.05, 0) is 49.6 Å². The number of carbonyl (C=O) groups excluding carboxylic acids is 2. The van der Waals surface area contributed by atoms with E-state index in [0.717, 1.165) is 20.1 Å². The zero-order chi connectivity index (χ0) is 19.4. The van der Waals surface area contributed by atoms with Gasteiger partial charge in [0.05, 0.1) is 21.8 Å². The molecule has 7 heteroatoms. The van der Waals surface area contributed by atoms with Crippen LogP contribution in [0.2, 0.25) is 0 Å². The number of amides is 1. The number of fused-ring (bicyclic) bond motifs is 1. The highest BCUT2D eigenvalue weighted by atomic mass is 32.2. The molecule has 0 aliphatic heterocycles. The molecule has 0 radical (unpaired) electrons. The van der Waals surface area contributed by atoms with Crippen LogP contribution < -0.4 is 0 Å². The van der Waals surface area contributed by atoms with Gasteiger partial charge in [-0.15, -0.1) is 23.1 Å². The minimum atomic E-state index is -0.503. The summed E-state index contributed by atoms with van der Waals surface area (Å²) in [5.41, 5.74) is 1.35. The summed E-state index contributed by atoms with van der Waals surface area (Å²) in [7, 11) is 1.69. The number of nitrogens with zero attached hydrogens (tertiary/aromatic N) is 2. The van der Waals surface area contributed by atoms with Crippen LogP contribution in [-0.4, -0.2) is 41.7 Å². The van der Waals surface area contributed by atoms with Gasteiger partial charge in [0.25, 0.3) is 5.91 Å². The Morgan fingerprint density at radius 3 is 2.56 bits per heavy atom. The van der Waals surface area contributed by atoms with Gasteiger partial charge < -0.3 is 9.64 Å². The van der Waals surface area contributed by atoms with Crippen LogP contribution in [0, 0.1) is 0 Å². The van der Waals surface area contributed by atoms with E-state index in [1.54, 1.807) is 47.2 Å². The van der Waals surface area contributed by atoms with E-state index < -0.39 is 5.97 Å². The molecule has 1 amide bonds. The average molecular weight is 401 g/mol. The van der Waals surface area contributed by atoms with Gasteiger partial charge in [0.15, 0.2) is 6.61 Å². The molecule has 1 atom stereocenters. The van der Waals surface area contributed by atoms with E-state index in [0.29, 0.717) is 5.56 Å². The predicted octanol–water partition coefficient (Wildman–Crippen LogP) is 4.39. The highest BCUT2D eigenvalue weighted by molar-refractivity contribution is 7.98. The van der Waals surface area contributed by atoms with Gasteiger partial charge >= 0.3 is 5.97 Å². The highest BCUT2D eigenvalue weighted by Gasteiger charge is 2.22. The molecule has 3 rings (SSSR count). The Kier molecular flexibility index (Phi) is 6.13. The predicted molar refractivity (Wildman–Crippen MR) is 109 cm³/mol. The van der Waals surface area contributed by atoms with Crippen molar-refractivity contribution in [1.82, 2.24) is 9.88 Å². The lowest BCUT2D eigenvalue weighted by Crippen LogP contribution is -2.33. The molecule has 0 saturated heterocycles.